The van der Waals surface area contributed by atoms with Crippen molar-refractivity contribution in [3.8, 4) is 0 Å². The summed E-state index contributed by atoms with van der Waals surface area (Å²) in [7, 11) is 0. The van der Waals surface area contributed by atoms with Crippen LogP contribution in [0.3, 0.4) is 0 Å². The van der Waals surface area contributed by atoms with Crippen LogP contribution >= 0.6 is 0 Å². The van der Waals surface area contributed by atoms with Gasteiger partial charge in [0, 0.05) is 31.9 Å². The fraction of sp³-hybridized carbons (Fsp3) is 0.471. The first-order chi connectivity index (χ1) is 10.2. The summed E-state index contributed by atoms with van der Waals surface area (Å²) in [5, 5.41) is 0. The Balaban J connectivity index is 1.82. The van der Waals surface area contributed by atoms with Crippen molar-refractivity contribution in [3.63, 3.8) is 0 Å². The number of nitrogens with zero attached hydrogens (tertiary/aromatic N) is 2. The van der Waals surface area contributed by atoms with Gasteiger partial charge in [0.2, 0.25) is 0 Å². The summed E-state index contributed by atoms with van der Waals surface area (Å²) < 4.78 is 5.25. The molecule has 4 nitrogen and oxygen atoms in total. The third kappa shape index (κ3) is 4.25. The normalized spacial score (nSPS) is 14.9. The highest BCUT2D eigenvalue weighted by Crippen LogP contribution is 2.18. The van der Waals surface area contributed by atoms with Gasteiger partial charge in [-0.1, -0.05) is 38.1 Å². The van der Waals surface area contributed by atoms with Crippen LogP contribution in [0.2, 0.25) is 0 Å². The van der Waals surface area contributed by atoms with Crippen LogP contribution in [-0.4, -0.2) is 43.8 Å². The van der Waals surface area contributed by atoms with Crippen LogP contribution in [0.15, 0.2) is 30.8 Å². The van der Waals surface area contributed by atoms with E-state index in [2.05, 4.69) is 42.7 Å². The number of anilines is 1. The van der Waals surface area contributed by atoms with Crippen LogP contribution < -0.4 is 4.90 Å². The zero-order valence-electron chi connectivity index (χ0n) is 12.8. The van der Waals surface area contributed by atoms with Crippen molar-refractivity contribution in [1.29, 1.82) is 0 Å². The first-order valence-corrected chi connectivity index (χ1v) is 7.63. The SMILES string of the molecule is C=Cc1ccc(N2CCN(C(=O)OCCCC)CC2)cc1. The van der Waals surface area contributed by atoms with E-state index in [0.29, 0.717) is 19.7 Å². The maximum absolute atomic E-state index is 11.9. The van der Waals surface area contributed by atoms with E-state index in [1.807, 2.05) is 6.08 Å². The maximum atomic E-state index is 11.9. The van der Waals surface area contributed by atoms with E-state index < -0.39 is 0 Å². The quantitative estimate of drug-likeness (QED) is 0.779. The number of hydrogen-bond donors (Lipinski definition) is 0. The topological polar surface area (TPSA) is 32.8 Å². The molecule has 0 atom stereocenters. The Kier molecular flexibility index (Phi) is 5.67. The van der Waals surface area contributed by atoms with Crippen LogP contribution in [0.5, 0.6) is 0 Å². The first-order valence-electron chi connectivity index (χ1n) is 7.63. The number of piperazine rings is 1. The highest BCUT2D eigenvalue weighted by atomic mass is 16.6. The van der Waals surface area contributed by atoms with Crippen LogP contribution in [0.1, 0.15) is 25.3 Å². The van der Waals surface area contributed by atoms with Crippen molar-refractivity contribution in [2.24, 2.45) is 0 Å². The second-order valence-electron chi connectivity index (χ2n) is 5.24. The minimum absolute atomic E-state index is 0.176. The Morgan fingerprint density at radius 3 is 2.48 bits per heavy atom. The van der Waals surface area contributed by atoms with Gasteiger partial charge in [-0.15, -0.1) is 0 Å². The smallest absolute Gasteiger partial charge is 0.409 e. The molecule has 0 bridgehead atoms. The van der Waals surface area contributed by atoms with E-state index in [1.54, 1.807) is 4.90 Å². The molecule has 0 unspecified atom stereocenters. The average Bonchev–Trinajstić information content (AvgIpc) is 2.55. The third-order valence-electron chi connectivity index (χ3n) is 3.76. The predicted molar refractivity (Wildman–Crippen MR) is 86.6 cm³/mol. The molecule has 114 valence electrons. The van der Waals surface area contributed by atoms with Crippen molar-refractivity contribution < 1.29 is 9.53 Å². The lowest BCUT2D eigenvalue weighted by atomic mass is 10.2. The second-order valence-corrected chi connectivity index (χ2v) is 5.24. The van der Waals surface area contributed by atoms with Crippen molar-refractivity contribution in [2.45, 2.75) is 19.8 Å². The zero-order chi connectivity index (χ0) is 15.1. The number of rotatable bonds is 5. The average molecular weight is 288 g/mol. The van der Waals surface area contributed by atoms with E-state index in [9.17, 15) is 4.79 Å². The van der Waals surface area contributed by atoms with Gasteiger partial charge in [-0.25, -0.2) is 4.79 Å². The van der Waals surface area contributed by atoms with Crippen LogP contribution in [0, 0.1) is 0 Å². The Morgan fingerprint density at radius 2 is 1.90 bits per heavy atom. The summed E-state index contributed by atoms with van der Waals surface area (Å²) in [5.74, 6) is 0. The number of amides is 1. The molecule has 1 saturated heterocycles. The van der Waals surface area contributed by atoms with Gasteiger partial charge in [0.1, 0.15) is 0 Å². The van der Waals surface area contributed by atoms with Gasteiger partial charge in [0.25, 0.3) is 0 Å². The maximum Gasteiger partial charge on any atom is 0.409 e. The molecule has 0 aliphatic carbocycles. The van der Waals surface area contributed by atoms with Crippen molar-refractivity contribution >= 4 is 17.9 Å². The molecule has 1 aliphatic rings. The molecule has 0 radical (unpaired) electrons. The molecule has 1 aliphatic heterocycles. The fourth-order valence-corrected chi connectivity index (χ4v) is 2.36. The van der Waals surface area contributed by atoms with Gasteiger partial charge in [-0.3, -0.25) is 0 Å². The van der Waals surface area contributed by atoms with Crippen LogP contribution in [-0.2, 0) is 4.74 Å². The van der Waals surface area contributed by atoms with Crippen molar-refractivity contribution in [1.82, 2.24) is 4.90 Å². The van der Waals surface area contributed by atoms with Crippen LogP contribution in [0.4, 0.5) is 10.5 Å². The lowest BCUT2D eigenvalue weighted by Crippen LogP contribution is -2.49. The largest absolute Gasteiger partial charge is 0.449 e. The van der Waals surface area contributed by atoms with E-state index >= 15 is 0 Å². The van der Waals surface area contributed by atoms with Crippen molar-refractivity contribution in [2.75, 3.05) is 37.7 Å². The fourth-order valence-electron chi connectivity index (χ4n) is 2.36. The van der Waals surface area contributed by atoms with Gasteiger partial charge in [0.15, 0.2) is 0 Å². The molecule has 0 aromatic heterocycles. The number of benzene rings is 1. The molecule has 2 rings (SSSR count). The predicted octanol–water partition coefficient (Wildman–Crippen LogP) is 3.39. The molecule has 21 heavy (non-hydrogen) atoms. The Morgan fingerprint density at radius 1 is 1.24 bits per heavy atom. The molecule has 0 N–H and O–H groups in total. The molecule has 1 aromatic rings. The van der Waals surface area contributed by atoms with Gasteiger partial charge in [-0.05, 0) is 24.1 Å². The summed E-state index contributed by atoms with van der Waals surface area (Å²) in [4.78, 5) is 16.0. The molecular formula is C17H24N2O2. The van der Waals surface area contributed by atoms with E-state index in [4.69, 9.17) is 4.74 Å². The highest BCUT2D eigenvalue weighted by molar-refractivity contribution is 5.68. The standard InChI is InChI=1S/C17H24N2O2/c1-3-5-14-21-17(20)19-12-10-18(11-13-19)16-8-6-15(4-2)7-9-16/h4,6-9H,2-3,5,10-14H2,1H3. The Bertz CT molecular complexity index is 462. The highest BCUT2D eigenvalue weighted by Gasteiger charge is 2.22. The summed E-state index contributed by atoms with van der Waals surface area (Å²) in [5.41, 5.74) is 2.32. The molecule has 0 spiro atoms. The molecular weight excluding hydrogens is 264 g/mol. The minimum Gasteiger partial charge on any atom is -0.449 e. The molecule has 0 saturated carbocycles. The number of ether oxygens (including phenoxy) is 1. The number of unbranched alkanes of at least 4 members (excludes halogenated alkanes) is 1. The summed E-state index contributed by atoms with van der Waals surface area (Å²) in [6, 6.07) is 8.33. The van der Waals surface area contributed by atoms with E-state index in [-0.39, 0.29) is 6.09 Å². The lowest BCUT2D eigenvalue weighted by Gasteiger charge is -2.35. The first kappa shape index (κ1) is 15.4. The van der Waals surface area contributed by atoms with E-state index in [0.717, 1.165) is 31.5 Å². The zero-order valence-corrected chi connectivity index (χ0v) is 12.8. The molecule has 1 heterocycles. The summed E-state index contributed by atoms with van der Waals surface area (Å²) in [6.07, 6.45) is 3.64. The molecule has 4 heteroatoms. The van der Waals surface area contributed by atoms with E-state index in [1.165, 1.54) is 5.69 Å². The van der Waals surface area contributed by atoms with Crippen molar-refractivity contribution in [3.05, 3.63) is 36.4 Å². The molecule has 1 fully saturated rings. The second kappa shape index (κ2) is 7.72. The number of hydrogen-bond acceptors (Lipinski definition) is 3. The lowest BCUT2D eigenvalue weighted by molar-refractivity contribution is 0.0989. The van der Waals surface area contributed by atoms with Gasteiger partial charge in [-0.2, -0.15) is 0 Å². The van der Waals surface area contributed by atoms with Crippen LogP contribution in [0.25, 0.3) is 6.08 Å². The van der Waals surface area contributed by atoms with Gasteiger partial charge < -0.3 is 14.5 Å². The molecule has 1 amide bonds. The number of carbonyl (C=O) groups excluding carboxylic acids is 1. The van der Waals surface area contributed by atoms with Gasteiger partial charge >= 0.3 is 6.09 Å². The monoisotopic (exact) mass is 288 g/mol. The molecule has 1 aromatic carbocycles. The summed E-state index contributed by atoms with van der Waals surface area (Å²) >= 11 is 0. The van der Waals surface area contributed by atoms with Gasteiger partial charge in [0.05, 0.1) is 6.61 Å². The number of carbonyl (C=O) groups is 1. The third-order valence-corrected chi connectivity index (χ3v) is 3.76. The summed E-state index contributed by atoms with van der Waals surface area (Å²) in [6.45, 7) is 9.50. The Hall–Kier alpha value is -1.97. The Labute approximate surface area is 127 Å². The minimum atomic E-state index is -0.176.